The SMILES string of the molecule is CC(C)(C)n1ncc(-c2nc(CC(=O)NCc3ccc(S(C)(=O)=O)cc3)cs2)c1-c1ccc(F)cc1. The zero-order valence-corrected chi connectivity index (χ0v) is 22.1. The predicted molar refractivity (Wildman–Crippen MR) is 139 cm³/mol. The molecule has 0 atom stereocenters. The first kappa shape index (κ1) is 25.7. The molecule has 0 radical (unpaired) electrons. The van der Waals surface area contributed by atoms with E-state index in [1.807, 2.05) is 30.8 Å². The molecule has 0 bridgehead atoms. The summed E-state index contributed by atoms with van der Waals surface area (Å²) in [4.78, 5) is 17.4. The molecule has 0 saturated carbocycles. The van der Waals surface area contributed by atoms with E-state index < -0.39 is 9.84 Å². The van der Waals surface area contributed by atoms with Gasteiger partial charge in [-0.15, -0.1) is 11.3 Å². The molecule has 188 valence electrons. The molecule has 0 spiro atoms. The number of carbonyl (C=O) groups is 1. The molecule has 0 fully saturated rings. The highest BCUT2D eigenvalue weighted by molar-refractivity contribution is 7.90. The number of aromatic nitrogens is 3. The van der Waals surface area contributed by atoms with Crippen LogP contribution in [0.2, 0.25) is 0 Å². The molecule has 1 N–H and O–H groups in total. The Morgan fingerprint density at radius 3 is 2.36 bits per heavy atom. The maximum Gasteiger partial charge on any atom is 0.226 e. The minimum Gasteiger partial charge on any atom is -0.352 e. The number of amides is 1. The molecule has 0 aliphatic heterocycles. The summed E-state index contributed by atoms with van der Waals surface area (Å²) in [5, 5.41) is 10.0. The third-order valence-electron chi connectivity index (χ3n) is 5.49. The monoisotopic (exact) mass is 526 g/mol. The van der Waals surface area contributed by atoms with Gasteiger partial charge in [0.2, 0.25) is 5.91 Å². The first-order chi connectivity index (χ1) is 16.9. The van der Waals surface area contributed by atoms with Crippen molar-refractivity contribution in [3.63, 3.8) is 0 Å². The van der Waals surface area contributed by atoms with Gasteiger partial charge in [-0.3, -0.25) is 9.48 Å². The number of hydrogen-bond acceptors (Lipinski definition) is 6. The van der Waals surface area contributed by atoms with E-state index in [4.69, 9.17) is 0 Å². The van der Waals surface area contributed by atoms with Crippen molar-refractivity contribution in [2.24, 2.45) is 0 Å². The molecule has 0 unspecified atom stereocenters. The maximum atomic E-state index is 13.6. The molecule has 0 aliphatic carbocycles. The van der Waals surface area contributed by atoms with Crippen LogP contribution < -0.4 is 5.32 Å². The van der Waals surface area contributed by atoms with Crippen LogP contribution in [-0.2, 0) is 33.1 Å². The number of hydrogen-bond donors (Lipinski definition) is 1. The highest BCUT2D eigenvalue weighted by Gasteiger charge is 2.24. The van der Waals surface area contributed by atoms with Crippen LogP contribution in [0, 0.1) is 5.82 Å². The lowest BCUT2D eigenvalue weighted by Gasteiger charge is -2.23. The topological polar surface area (TPSA) is 93.9 Å². The van der Waals surface area contributed by atoms with Crippen LogP contribution in [0.5, 0.6) is 0 Å². The van der Waals surface area contributed by atoms with Gasteiger partial charge in [-0.1, -0.05) is 12.1 Å². The molecule has 4 rings (SSSR count). The van der Waals surface area contributed by atoms with Gasteiger partial charge in [0, 0.05) is 23.7 Å². The Labute approximate surface area is 213 Å². The summed E-state index contributed by atoms with van der Waals surface area (Å²) in [7, 11) is -3.26. The number of thiazole rings is 1. The molecule has 10 heteroatoms. The van der Waals surface area contributed by atoms with Crippen LogP contribution in [0.3, 0.4) is 0 Å². The Hall–Kier alpha value is -3.37. The Balaban J connectivity index is 1.49. The number of nitrogens with one attached hydrogen (secondary N) is 1. The van der Waals surface area contributed by atoms with Crippen LogP contribution >= 0.6 is 11.3 Å². The second kappa shape index (κ2) is 9.94. The fraction of sp³-hybridized carbons (Fsp3) is 0.269. The highest BCUT2D eigenvalue weighted by atomic mass is 32.2. The van der Waals surface area contributed by atoms with Crippen LogP contribution in [0.25, 0.3) is 21.8 Å². The second-order valence-electron chi connectivity index (χ2n) is 9.51. The number of carbonyl (C=O) groups excluding carboxylic acids is 1. The van der Waals surface area contributed by atoms with E-state index in [-0.39, 0.29) is 35.1 Å². The summed E-state index contributed by atoms with van der Waals surface area (Å²) in [6, 6.07) is 12.7. The molecule has 0 aliphatic rings. The van der Waals surface area contributed by atoms with E-state index >= 15 is 0 Å². The van der Waals surface area contributed by atoms with Crippen LogP contribution in [-0.4, -0.2) is 35.3 Å². The molecular weight excluding hydrogens is 499 g/mol. The molecule has 2 heterocycles. The van der Waals surface area contributed by atoms with E-state index in [1.165, 1.54) is 35.6 Å². The molecule has 36 heavy (non-hydrogen) atoms. The average molecular weight is 527 g/mol. The van der Waals surface area contributed by atoms with E-state index in [0.29, 0.717) is 5.69 Å². The second-order valence-corrected chi connectivity index (χ2v) is 12.4. The summed E-state index contributed by atoms with van der Waals surface area (Å²) in [6.45, 7) is 6.42. The summed E-state index contributed by atoms with van der Waals surface area (Å²) >= 11 is 1.42. The number of rotatable bonds is 7. The van der Waals surface area contributed by atoms with Crippen molar-refractivity contribution in [2.45, 2.75) is 44.2 Å². The van der Waals surface area contributed by atoms with Gasteiger partial charge in [-0.2, -0.15) is 5.10 Å². The molecule has 7 nitrogen and oxygen atoms in total. The number of halogens is 1. The highest BCUT2D eigenvalue weighted by Crippen LogP contribution is 2.36. The lowest BCUT2D eigenvalue weighted by molar-refractivity contribution is -0.120. The van der Waals surface area contributed by atoms with Gasteiger partial charge in [0.05, 0.1) is 40.0 Å². The lowest BCUT2D eigenvalue weighted by Crippen LogP contribution is -2.24. The summed E-state index contributed by atoms with van der Waals surface area (Å²) < 4.78 is 38.6. The van der Waals surface area contributed by atoms with Crippen molar-refractivity contribution < 1.29 is 17.6 Å². The smallest absolute Gasteiger partial charge is 0.226 e. The number of sulfone groups is 1. The Kier molecular flexibility index (Phi) is 7.10. The first-order valence-corrected chi connectivity index (χ1v) is 14.0. The largest absolute Gasteiger partial charge is 0.352 e. The van der Waals surface area contributed by atoms with Crippen molar-refractivity contribution >= 4 is 27.1 Å². The van der Waals surface area contributed by atoms with E-state index in [1.54, 1.807) is 30.5 Å². The molecule has 2 aromatic heterocycles. The van der Waals surface area contributed by atoms with E-state index in [2.05, 4.69) is 15.4 Å². The minimum atomic E-state index is -3.26. The van der Waals surface area contributed by atoms with Crippen LogP contribution in [0.4, 0.5) is 4.39 Å². The number of benzene rings is 2. The van der Waals surface area contributed by atoms with E-state index in [9.17, 15) is 17.6 Å². The maximum absolute atomic E-state index is 13.6. The molecule has 2 aromatic carbocycles. The van der Waals surface area contributed by atoms with Gasteiger partial charge in [0.1, 0.15) is 10.8 Å². The molecule has 0 saturated heterocycles. The fourth-order valence-corrected chi connectivity index (χ4v) is 5.15. The van der Waals surface area contributed by atoms with Crippen LogP contribution in [0.1, 0.15) is 32.0 Å². The Morgan fingerprint density at radius 1 is 1.08 bits per heavy atom. The van der Waals surface area contributed by atoms with Crippen molar-refractivity contribution in [1.82, 2.24) is 20.1 Å². The van der Waals surface area contributed by atoms with Crippen molar-refractivity contribution in [3.05, 3.63) is 77.2 Å². The summed E-state index contributed by atoms with van der Waals surface area (Å²) in [6.07, 6.45) is 3.02. The van der Waals surface area contributed by atoms with Gasteiger partial charge in [-0.05, 0) is 62.7 Å². The van der Waals surface area contributed by atoms with E-state index in [0.717, 1.165) is 33.6 Å². The zero-order valence-electron chi connectivity index (χ0n) is 20.4. The molecule has 1 amide bonds. The molecular formula is C26H27FN4O3S2. The normalized spacial score (nSPS) is 12.0. The number of nitrogens with zero attached hydrogens (tertiary/aromatic N) is 3. The van der Waals surface area contributed by atoms with Crippen molar-refractivity contribution in [2.75, 3.05) is 6.26 Å². The van der Waals surface area contributed by atoms with Crippen molar-refractivity contribution in [3.8, 4) is 21.8 Å². The van der Waals surface area contributed by atoms with Crippen molar-refractivity contribution in [1.29, 1.82) is 0 Å². The standard InChI is InChI=1S/C26H27FN4O3S2/c1-26(2,3)31-24(18-7-9-19(27)10-8-18)22(15-29-31)25-30-20(16-35-25)13-23(32)28-14-17-5-11-21(12-6-17)36(4,33)34/h5-12,15-16H,13-14H2,1-4H3,(H,28,32). The summed E-state index contributed by atoms with van der Waals surface area (Å²) in [5.74, 6) is -0.501. The first-order valence-electron chi connectivity index (χ1n) is 11.3. The minimum absolute atomic E-state index is 0.108. The Bertz CT molecular complexity index is 1480. The third-order valence-corrected chi connectivity index (χ3v) is 7.54. The predicted octanol–water partition coefficient (Wildman–Crippen LogP) is 4.83. The quantitative estimate of drug-likeness (QED) is 0.372. The lowest BCUT2D eigenvalue weighted by atomic mass is 10.0. The van der Waals surface area contributed by atoms with Crippen LogP contribution in [0.15, 0.2) is 65.0 Å². The molecule has 4 aromatic rings. The van der Waals surface area contributed by atoms with Gasteiger partial charge in [0.15, 0.2) is 9.84 Å². The van der Waals surface area contributed by atoms with Gasteiger partial charge >= 0.3 is 0 Å². The van der Waals surface area contributed by atoms with Gasteiger partial charge in [-0.25, -0.2) is 17.8 Å². The Morgan fingerprint density at radius 2 is 1.75 bits per heavy atom. The van der Waals surface area contributed by atoms with Gasteiger partial charge in [0.25, 0.3) is 0 Å². The van der Waals surface area contributed by atoms with Gasteiger partial charge < -0.3 is 5.32 Å². The fourth-order valence-electron chi connectivity index (χ4n) is 3.69. The third kappa shape index (κ3) is 5.88. The average Bonchev–Trinajstić information content (AvgIpc) is 3.45. The summed E-state index contributed by atoms with van der Waals surface area (Å²) in [5.41, 5.74) is 3.61. The zero-order chi connectivity index (χ0) is 26.1.